The summed E-state index contributed by atoms with van der Waals surface area (Å²) in [5.74, 6) is -0.448. The zero-order valence-electron chi connectivity index (χ0n) is 16.4. The van der Waals surface area contributed by atoms with Crippen molar-refractivity contribution in [2.24, 2.45) is 0 Å². The first-order valence-electron chi connectivity index (χ1n) is 9.15. The van der Waals surface area contributed by atoms with Crippen LogP contribution in [0.4, 0.5) is 0 Å². The molecule has 3 rings (SSSR count). The van der Waals surface area contributed by atoms with Crippen LogP contribution in [0.1, 0.15) is 41.3 Å². The van der Waals surface area contributed by atoms with Crippen LogP contribution in [0.15, 0.2) is 53.6 Å². The number of amides is 2. The van der Waals surface area contributed by atoms with Crippen molar-refractivity contribution in [3.8, 4) is 5.75 Å². The Kier molecular flexibility index (Phi) is 5.92. The maximum Gasteiger partial charge on any atom is 0.276 e. The number of benzene rings is 1. The van der Waals surface area contributed by atoms with Gasteiger partial charge < -0.3 is 4.74 Å². The standard InChI is InChI=1S/C21H22N4O4/c1-13(2)15-8-7-14(3)10-17(15)29-12-19(26)23-24-20(27)16-11-22-18-6-4-5-9-25(18)21(16)28/h4-11,13H,12H2,1-3H3,(H,23,26)(H,24,27). The summed E-state index contributed by atoms with van der Waals surface area (Å²) >= 11 is 0. The average molecular weight is 394 g/mol. The maximum absolute atomic E-state index is 12.4. The molecule has 2 amide bonds. The number of nitrogens with zero attached hydrogens (tertiary/aromatic N) is 2. The number of aromatic nitrogens is 2. The molecule has 0 bridgehead atoms. The molecule has 2 N–H and O–H groups in total. The molecule has 0 radical (unpaired) electrons. The van der Waals surface area contributed by atoms with Crippen LogP contribution in [0.2, 0.25) is 0 Å². The van der Waals surface area contributed by atoms with Gasteiger partial charge in [0.2, 0.25) is 0 Å². The van der Waals surface area contributed by atoms with Crippen LogP contribution in [0.5, 0.6) is 5.75 Å². The molecule has 0 fully saturated rings. The minimum Gasteiger partial charge on any atom is -0.483 e. The van der Waals surface area contributed by atoms with Gasteiger partial charge in [0.1, 0.15) is 17.0 Å². The summed E-state index contributed by atoms with van der Waals surface area (Å²) in [7, 11) is 0. The molecule has 0 atom stereocenters. The number of aryl methyl sites for hydroxylation is 1. The highest BCUT2D eigenvalue weighted by Gasteiger charge is 2.15. The molecular formula is C21H22N4O4. The van der Waals surface area contributed by atoms with Crippen LogP contribution in [0, 0.1) is 6.92 Å². The van der Waals surface area contributed by atoms with Gasteiger partial charge in [0.15, 0.2) is 6.61 Å². The largest absolute Gasteiger partial charge is 0.483 e. The van der Waals surface area contributed by atoms with Crippen LogP contribution in [0.25, 0.3) is 5.65 Å². The Balaban J connectivity index is 1.62. The van der Waals surface area contributed by atoms with Gasteiger partial charge in [0, 0.05) is 12.4 Å². The SMILES string of the molecule is Cc1ccc(C(C)C)c(OCC(=O)NNC(=O)c2cnc3ccccn3c2=O)c1. The van der Waals surface area contributed by atoms with E-state index in [0.717, 1.165) is 11.1 Å². The molecule has 0 saturated carbocycles. The molecule has 0 spiro atoms. The zero-order chi connectivity index (χ0) is 21.0. The van der Waals surface area contributed by atoms with E-state index in [1.165, 1.54) is 16.8 Å². The van der Waals surface area contributed by atoms with E-state index in [2.05, 4.69) is 15.8 Å². The van der Waals surface area contributed by atoms with E-state index in [0.29, 0.717) is 11.4 Å². The van der Waals surface area contributed by atoms with E-state index in [9.17, 15) is 14.4 Å². The summed E-state index contributed by atoms with van der Waals surface area (Å²) in [6.07, 6.45) is 2.69. The highest BCUT2D eigenvalue weighted by atomic mass is 16.5. The lowest BCUT2D eigenvalue weighted by Crippen LogP contribution is -2.45. The van der Waals surface area contributed by atoms with Crippen LogP contribution in [0.3, 0.4) is 0 Å². The Morgan fingerprint density at radius 2 is 1.97 bits per heavy atom. The van der Waals surface area contributed by atoms with Crippen molar-refractivity contribution < 1.29 is 14.3 Å². The highest BCUT2D eigenvalue weighted by molar-refractivity contribution is 5.95. The summed E-state index contributed by atoms with van der Waals surface area (Å²) in [4.78, 5) is 40.8. The van der Waals surface area contributed by atoms with Gasteiger partial charge >= 0.3 is 0 Å². The minimum absolute atomic E-state index is 0.185. The number of ether oxygens (including phenoxy) is 1. The molecule has 1 aromatic carbocycles. The third-order valence-corrected chi connectivity index (χ3v) is 4.32. The predicted octanol–water partition coefficient (Wildman–Crippen LogP) is 1.97. The number of hydrogen-bond acceptors (Lipinski definition) is 5. The molecule has 0 saturated heterocycles. The second kappa shape index (κ2) is 8.55. The number of hydrogen-bond donors (Lipinski definition) is 2. The Morgan fingerprint density at radius 3 is 2.72 bits per heavy atom. The molecule has 0 aliphatic carbocycles. The fourth-order valence-corrected chi connectivity index (χ4v) is 2.80. The Hall–Kier alpha value is -3.68. The van der Waals surface area contributed by atoms with Gasteiger partial charge in [-0.15, -0.1) is 0 Å². The van der Waals surface area contributed by atoms with E-state index >= 15 is 0 Å². The number of hydrazine groups is 1. The van der Waals surface area contributed by atoms with Crippen molar-refractivity contribution in [2.45, 2.75) is 26.7 Å². The molecule has 3 aromatic rings. The topological polar surface area (TPSA) is 102 Å². The molecule has 150 valence electrons. The summed E-state index contributed by atoms with van der Waals surface area (Å²) in [5, 5.41) is 0. The molecule has 0 aliphatic rings. The lowest BCUT2D eigenvalue weighted by atomic mass is 10.0. The molecule has 29 heavy (non-hydrogen) atoms. The van der Waals surface area contributed by atoms with Crippen molar-refractivity contribution in [2.75, 3.05) is 6.61 Å². The summed E-state index contributed by atoms with van der Waals surface area (Å²) in [6.45, 7) is 5.73. The van der Waals surface area contributed by atoms with Crippen LogP contribution >= 0.6 is 0 Å². The van der Waals surface area contributed by atoms with Crippen LogP contribution in [-0.4, -0.2) is 27.8 Å². The van der Waals surface area contributed by atoms with Crippen LogP contribution in [-0.2, 0) is 4.79 Å². The first-order valence-corrected chi connectivity index (χ1v) is 9.15. The van der Waals surface area contributed by atoms with Crippen molar-refractivity contribution in [1.82, 2.24) is 20.2 Å². The van der Waals surface area contributed by atoms with E-state index in [-0.39, 0.29) is 18.1 Å². The normalized spacial score (nSPS) is 10.8. The van der Waals surface area contributed by atoms with Crippen molar-refractivity contribution in [1.29, 1.82) is 0 Å². The molecule has 8 nitrogen and oxygen atoms in total. The smallest absolute Gasteiger partial charge is 0.276 e. The monoisotopic (exact) mass is 394 g/mol. The van der Waals surface area contributed by atoms with Crippen molar-refractivity contribution in [3.63, 3.8) is 0 Å². The highest BCUT2D eigenvalue weighted by Crippen LogP contribution is 2.27. The molecule has 2 heterocycles. The number of pyridine rings is 1. The second-order valence-corrected chi connectivity index (χ2v) is 6.89. The van der Waals surface area contributed by atoms with E-state index in [1.54, 1.807) is 18.2 Å². The molecule has 0 unspecified atom stereocenters. The minimum atomic E-state index is -0.757. The first kappa shape index (κ1) is 20.1. The van der Waals surface area contributed by atoms with Gasteiger partial charge in [-0.1, -0.05) is 32.0 Å². The summed E-state index contributed by atoms with van der Waals surface area (Å²) in [6, 6.07) is 10.9. The van der Waals surface area contributed by atoms with Gasteiger partial charge in [-0.05, 0) is 42.2 Å². The van der Waals surface area contributed by atoms with Gasteiger partial charge in [-0.2, -0.15) is 0 Å². The predicted molar refractivity (Wildman–Crippen MR) is 108 cm³/mol. The summed E-state index contributed by atoms with van der Waals surface area (Å²) in [5.41, 5.74) is 6.18. The Morgan fingerprint density at radius 1 is 1.17 bits per heavy atom. The number of carbonyl (C=O) groups excluding carboxylic acids is 2. The third-order valence-electron chi connectivity index (χ3n) is 4.32. The second-order valence-electron chi connectivity index (χ2n) is 6.89. The third kappa shape index (κ3) is 4.60. The van der Waals surface area contributed by atoms with Gasteiger partial charge in [-0.3, -0.25) is 29.6 Å². The number of carbonyl (C=O) groups is 2. The Bertz CT molecular complexity index is 1120. The number of nitrogens with one attached hydrogen (secondary N) is 2. The van der Waals surface area contributed by atoms with E-state index in [1.807, 2.05) is 39.0 Å². The van der Waals surface area contributed by atoms with Gasteiger partial charge in [0.05, 0.1) is 0 Å². The van der Waals surface area contributed by atoms with E-state index < -0.39 is 17.4 Å². The van der Waals surface area contributed by atoms with Gasteiger partial charge in [-0.25, -0.2) is 4.98 Å². The molecule has 8 heteroatoms. The fourth-order valence-electron chi connectivity index (χ4n) is 2.80. The lowest BCUT2D eigenvalue weighted by molar-refractivity contribution is -0.123. The molecule has 2 aromatic heterocycles. The maximum atomic E-state index is 12.4. The quantitative estimate of drug-likeness (QED) is 0.644. The number of rotatable bonds is 5. The molecular weight excluding hydrogens is 372 g/mol. The Labute approximate surface area is 167 Å². The van der Waals surface area contributed by atoms with Crippen LogP contribution < -0.4 is 21.1 Å². The van der Waals surface area contributed by atoms with Gasteiger partial charge in [0.25, 0.3) is 17.4 Å². The van der Waals surface area contributed by atoms with E-state index in [4.69, 9.17) is 4.74 Å². The summed E-state index contributed by atoms with van der Waals surface area (Å²) < 4.78 is 6.87. The number of fused-ring (bicyclic) bond motifs is 1. The molecule has 0 aliphatic heterocycles. The van der Waals surface area contributed by atoms with Crippen molar-refractivity contribution in [3.05, 3.63) is 75.8 Å². The fraction of sp³-hybridized carbons (Fsp3) is 0.238. The average Bonchev–Trinajstić information content (AvgIpc) is 2.70. The van der Waals surface area contributed by atoms with Crippen molar-refractivity contribution >= 4 is 17.5 Å². The first-order chi connectivity index (χ1) is 13.9. The lowest BCUT2D eigenvalue weighted by Gasteiger charge is -2.15. The zero-order valence-corrected chi connectivity index (χ0v) is 16.4.